The minimum atomic E-state index is -1.02. The number of hydrogen-bond acceptors (Lipinski definition) is 8. The summed E-state index contributed by atoms with van der Waals surface area (Å²) in [5, 5.41) is 28.2. The SMILES string of the molecule is CSCC[C@H](NC(=O)Nc1cccc(C)c1)C(=O)O.CSCC[C@H](NC(=O)Nc1cccc(C)c1)C(=O)O.O=S=O. The van der Waals surface area contributed by atoms with Crippen LogP contribution in [-0.2, 0) is 21.2 Å². The van der Waals surface area contributed by atoms with Crippen LogP contribution in [0.5, 0.6) is 0 Å². The molecular weight excluding hydrogens is 593 g/mol. The second-order valence-electron chi connectivity index (χ2n) is 8.35. The summed E-state index contributed by atoms with van der Waals surface area (Å²) in [6.45, 7) is 3.84. The number of rotatable bonds is 12. The number of anilines is 2. The number of carboxylic acids is 2. The fourth-order valence-corrected chi connectivity index (χ4v) is 4.03. The van der Waals surface area contributed by atoms with Gasteiger partial charge in [-0.15, -0.1) is 0 Å². The van der Waals surface area contributed by atoms with E-state index < -0.39 is 47.7 Å². The lowest BCUT2D eigenvalue weighted by Gasteiger charge is -2.14. The quantitative estimate of drug-likeness (QED) is 0.200. The molecule has 0 aliphatic rings. The zero-order valence-electron chi connectivity index (χ0n) is 23.2. The molecule has 2 atom stereocenters. The Bertz CT molecular complexity index is 1080. The number of carbonyl (C=O) groups is 4. The van der Waals surface area contributed by atoms with Crippen LogP contribution in [0.15, 0.2) is 48.5 Å². The Kier molecular flexibility index (Phi) is 20.2. The van der Waals surface area contributed by atoms with Crippen LogP contribution in [0.2, 0.25) is 0 Å². The lowest BCUT2D eigenvalue weighted by atomic mass is 10.2. The van der Waals surface area contributed by atoms with Crippen molar-refractivity contribution in [3.8, 4) is 0 Å². The largest absolute Gasteiger partial charge is 0.480 e. The van der Waals surface area contributed by atoms with Crippen molar-refractivity contribution < 1.29 is 37.8 Å². The predicted molar refractivity (Wildman–Crippen MR) is 164 cm³/mol. The van der Waals surface area contributed by atoms with Gasteiger partial charge in [-0.1, -0.05) is 24.3 Å². The standard InChI is InChI=1S/2C13H18N2O3S.O2S/c2*1-9-4-3-5-10(8-9)14-13(18)15-11(12(16)17)6-7-19-2;1-3-2/h2*3-5,8,11H,6-7H2,1-2H3,(H,16,17)(H2,14,15,18);/t2*11-;/m00./s1. The Labute approximate surface area is 251 Å². The van der Waals surface area contributed by atoms with E-state index in [1.807, 2.05) is 62.8 Å². The third kappa shape index (κ3) is 18.4. The maximum absolute atomic E-state index is 11.7. The fourth-order valence-electron chi connectivity index (χ4n) is 3.08. The van der Waals surface area contributed by atoms with Crippen LogP contribution in [0.4, 0.5) is 21.0 Å². The molecule has 0 fully saturated rings. The average Bonchev–Trinajstić information content (AvgIpc) is 2.89. The molecule has 2 rings (SSSR count). The van der Waals surface area contributed by atoms with Crippen LogP contribution in [0, 0.1) is 13.8 Å². The summed E-state index contributed by atoms with van der Waals surface area (Å²) in [5.41, 5.74) is 3.34. The third-order valence-electron chi connectivity index (χ3n) is 4.98. The summed E-state index contributed by atoms with van der Waals surface area (Å²) in [6.07, 6.45) is 4.59. The fraction of sp³-hybridized carbons (Fsp3) is 0.385. The molecule has 0 bridgehead atoms. The predicted octanol–water partition coefficient (Wildman–Crippen LogP) is 3.98. The van der Waals surface area contributed by atoms with E-state index >= 15 is 0 Å². The van der Waals surface area contributed by atoms with Gasteiger partial charge in [0.15, 0.2) is 0 Å². The maximum atomic E-state index is 11.7. The topological polar surface area (TPSA) is 191 Å². The molecule has 2 aromatic rings. The highest BCUT2D eigenvalue weighted by molar-refractivity contribution is 7.98. The van der Waals surface area contributed by atoms with Gasteiger partial charge < -0.3 is 31.5 Å². The molecular formula is C26H36N4O8S3. The van der Waals surface area contributed by atoms with Crippen LogP contribution in [-0.4, -0.2) is 78.7 Å². The molecule has 0 aromatic heterocycles. The number of carboxylic acid groups (broad SMARTS) is 2. The third-order valence-corrected chi connectivity index (χ3v) is 6.27. The molecule has 15 heteroatoms. The highest BCUT2D eigenvalue weighted by Gasteiger charge is 2.20. The first-order valence-corrected chi connectivity index (χ1v) is 15.6. The van der Waals surface area contributed by atoms with E-state index in [0.29, 0.717) is 35.7 Å². The molecule has 0 spiro atoms. The van der Waals surface area contributed by atoms with Crippen LogP contribution >= 0.6 is 23.5 Å². The Morgan fingerprint density at radius 2 is 1.05 bits per heavy atom. The highest BCUT2D eigenvalue weighted by Crippen LogP contribution is 2.11. The second kappa shape index (κ2) is 22.2. The van der Waals surface area contributed by atoms with Crippen molar-refractivity contribution in [3.05, 3.63) is 59.7 Å². The Morgan fingerprint density at radius 1 is 0.707 bits per heavy atom. The van der Waals surface area contributed by atoms with Gasteiger partial charge in [-0.05, 0) is 86.1 Å². The highest BCUT2D eigenvalue weighted by atomic mass is 32.2. The monoisotopic (exact) mass is 628 g/mol. The summed E-state index contributed by atoms with van der Waals surface area (Å²) >= 11 is 2.34. The number of aliphatic carboxylic acids is 2. The van der Waals surface area contributed by atoms with Crippen molar-refractivity contribution in [2.45, 2.75) is 38.8 Å². The van der Waals surface area contributed by atoms with Gasteiger partial charge >= 0.3 is 35.6 Å². The molecule has 0 radical (unpaired) electrons. The molecule has 0 saturated heterocycles. The van der Waals surface area contributed by atoms with Gasteiger partial charge in [0.1, 0.15) is 12.1 Å². The number of benzene rings is 2. The molecule has 0 aliphatic carbocycles. The van der Waals surface area contributed by atoms with E-state index in [4.69, 9.17) is 18.6 Å². The van der Waals surface area contributed by atoms with Gasteiger partial charge in [-0.2, -0.15) is 31.9 Å². The zero-order chi connectivity index (χ0) is 31.2. The van der Waals surface area contributed by atoms with Gasteiger partial charge in [0.05, 0.1) is 0 Å². The smallest absolute Gasteiger partial charge is 0.335 e. The van der Waals surface area contributed by atoms with E-state index in [0.717, 1.165) is 11.1 Å². The van der Waals surface area contributed by atoms with Gasteiger partial charge in [0.2, 0.25) is 0 Å². The normalized spacial score (nSPS) is 11.1. The van der Waals surface area contributed by atoms with E-state index in [-0.39, 0.29) is 0 Å². The van der Waals surface area contributed by atoms with Crippen LogP contribution < -0.4 is 21.3 Å². The first-order chi connectivity index (χ1) is 19.5. The van der Waals surface area contributed by atoms with Crippen LogP contribution in [0.1, 0.15) is 24.0 Å². The summed E-state index contributed by atoms with van der Waals surface area (Å²) in [5.74, 6) is -0.675. The van der Waals surface area contributed by atoms with Crippen LogP contribution in [0.25, 0.3) is 0 Å². The van der Waals surface area contributed by atoms with Crippen molar-refractivity contribution in [1.82, 2.24) is 10.6 Å². The number of urea groups is 2. The summed E-state index contributed by atoms with van der Waals surface area (Å²) in [6, 6.07) is 11.9. The van der Waals surface area contributed by atoms with Crippen LogP contribution in [0.3, 0.4) is 0 Å². The number of aryl methyl sites for hydroxylation is 2. The molecule has 41 heavy (non-hydrogen) atoms. The molecule has 2 aromatic carbocycles. The molecule has 0 aliphatic heterocycles. The van der Waals surface area contributed by atoms with E-state index in [9.17, 15) is 19.2 Å². The minimum absolute atomic E-state index is 0.401. The Balaban J connectivity index is 0.000000712. The van der Waals surface area contributed by atoms with Gasteiger partial charge in [0, 0.05) is 11.4 Å². The molecule has 0 unspecified atom stereocenters. The molecule has 12 nitrogen and oxygen atoms in total. The van der Waals surface area contributed by atoms with Gasteiger partial charge in [-0.3, -0.25) is 0 Å². The molecule has 0 heterocycles. The first-order valence-electron chi connectivity index (χ1n) is 12.1. The second-order valence-corrected chi connectivity index (χ2v) is 10.5. The average molecular weight is 629 g/mol. The van der Waals surface area contributed by atoms with Crippen molar-refractivity contribution in [2.75, 3.05) is 34.7 Å². The van der Waals surface area contributed by atoms with E-state index in [2.05, 4.69) is 21.3 Å². The van der Waals surface area contributed by atoms with E-state index in [1.54, 1.807) is 35.7 Å². The number of nitrogens with one attached hydrogen (secondary N) is 4. The molecule has 4 amide bonds. The number of amides is 4. The van der Waals surface area contributed by atoms with Crippen molar-refractivity contribution in [3.63, 3.8) is 0 Å². The first kappa shape index (κ1) is 37.4. The van der Waals surface area contributed by atoms with Crippen molar-refractivity contribution in [2.24, 2.45) is 0 Å². The van der Waals surface area contributed by atoms with Gasteiger partial charge in [0.25, 0.3) is 0 Å². The van der Waals surface area contributed by atoms with Crippen molar-refractivity contribution in [1.29, 1.82) is 0 Å². The summed E-state index contributed by atoms with van der Waals surface area (Å²) < 4.78 is 16.6. The number of hydrogen-bond donors (Lipinski definition) is 6. The van der Waals surface area contributed by atoms with Crippen molar-refractivity contribution >= 4 is 70.5 Å². The lowest BCUT2D eigenvalue weighted by Crippen LogP contribution is -2.43. The Morgan fingerprint density at radius 3 is 1.32 bits per heavy atom. The minimum Gasteiger partial charge on any atom is -0.480 e. The zero-order valence-corrected chi connectivity index (χ0v) is 25.6. The summed E-state index contributed by atoms with van der Waals surface area (Å²) in [4.78, 5) is 45.4. The molecule has 6 N–H and O–H groups in total. The van der Waals surface area contributed by atoms with E-state index in [1.165, 1.54) is 0 Å². The number of carbonyl (C=O) groups excluding carboxylic acids is 2. The Hall–Kier alpha value is -3.56. The molecule has 0 saturated carbocycles. The van der Waals surface area contributed by atoms with Gasteiger partial charge in [-0.25, -0.2) is 19.2 Å². The number of thioether (sulfide) groups is 2. The molecule has 226 valence electrons. The summed E-state index contributed by atoms with van der Waals surface area (Å²) in [7, 11) is 0. The lowest BCUT2D eigenvalue weighted by molar-refractivity contribution is -0.140. The maximum Gasteiger partial charge on any atom is 0.335 e.